The SMILES string of the molecule is CC(C)(C)c1nc(-c2ccc3c(c2)-c2ccccc2C3(C)C)nc(C(C)(C)C)n1. The van der Waals surface area contributed by atoms with Gasteiger partial charge in [0.2, 0.25) is 0 Å². The van der Waals surface area contributed by atoms with E-state index in [2.05, 4.69) is 97.9 Å². The first kappa shape index (κ1) is 19.8. The fraction of sp³-hybridized carbons (Fsp3) is 0.423. The Bertz CT molecular complexity index is 1060. The number of hydrogen-bond donors (Lipinski definition) is 0. The molecule has 3 nitrogen and oxygen atoms in total. The van der Waals surface area contributed by atoms with Gasteiger partial charge in [-0.15, -0.1) is 0 Å². The van der Waals surface area contributed by atoms with Crippen LogP contribution in [0.2, 0.25) is 0 Å². The van der Waals surface area contributed by atoms with Crippen molar-refractivity contribution in [3.8, 4) is 22.5 Å². The molecule has 0 saturated carbocycles. The average Bonchev–Trinajstić information content (AvgIpc) is 2.87. The zero-order chi connectivity index (χ0) is 21.2. The predicted molar refractivity (Wildman–Crippen MR) is 120 cm³/mol. The summed E-state index contributed by atoms with van der Waals surface area (Å²) in [5, 5.41) is 0. The van der Waals surface area contributed by atoms with Crippen molar-refractivity contribution in [2.75, 3.05) is 0 Å². The summed E-state index contributed by atoms with van der Waals surface area (Å²) in [6, 6.07) is 15.4. The van der Waals surface area contributed by atoms with Crippen molar-refractivity contribution in [1.29, 1.82) is 0 Å². The summed E-state index contributed by atoms with van der Waals surface area (Å²) in [6.45, 7) is 17.5. The Kier molecular flexibility index (Phi) is 4.24. The zero-order valence-electron chi connectivity index (χ0n) is 18.9. The molecule has 0 amide bonds. The van der Waals surface area contributed by atoms with Gasteiger partial charge in [-0.3, -0.25) is 0 Å². The third-order valence-corrected chi connectivity index (χ3v) is 5.82. The number of nitrogens with zero attached hydrogens (tertiary/aromatic N) is 3. The van der Waals surface area contributed by atoms with Gasteiger partial charge in [-0.2, -0.15) is 0 Å². The number of rotatable bonds is 1. The van der Waals surface area contributed by atoms with Crippen LogP contribution < -0.4 is 0 Å². The van der Waals surface area contributed by atoms with E-state index in [0.29, 0.717) is 0 Å². The molecule has 3 aromatic rings. The zero-order valence-corrected chi connectivity index (χ0v) is 18.9. The fourth-order valence-electron chi connectivity index (χ4n) is 4.04. The number of fused-ring (bicyclic) bond motifs is 3. The molecule has 0 atom stereocenters. The summed E-state index contributed by atoms with van der Waals surface area (Å²) in [7, 11) is 0. The Hall–Kier alpha value is -2.55. The molecule has 3 heteroatoms. The third-order valence-electron chi connectivity index (χ3n) is 5.82. The van der Waals surface area contributed by atoms with E-state index in [1.807, 2.05) is 0 Å². The maximum atomic E-state index is 4.88. The van der Waals surface area contributed by atoms with Gasteiger partial charge >= 0.3 is 0 Å². The Balaban J connectivity index is 1.93. The van der Waals surface area contributed by atoms with Gasteiger partial charge in [-0.25, -0.2) is 15.0 Å². The van der Waals surface area contributed by atoms with Crippen LogP contribution in [0.3, 0.4) is 0 Å². The van der Waals surface area contributed by atoms with Gasteiger partial charge in [-0.05, 0) is 28.3 Å². The van der Waals surface area contributed by atoms with Gasteiger partial charge in [0.15, 0.2) is 5.82 Å². The van der Waals surface area contributed by atoms with E-state index >= 15 is 0 Å². The molecule has 0 aliphatic heterocycles. The van der Waals surface area contributed by atoms with E-state index in [1.165, 1.54) is 22.3 Å². The molecule has 2 aromatic carbocycles. The van der Waals surface area contributed by atoms with Crippen LogP contribution in [-0.2, 0) is 16.2 Å². The Labute approximate surface area is 174 Å². The van der Waals surface area contributed by atoms with Crippen molar-refractivity contribution < 1.29 is 0 Å². The van der Waals surface area contributed by atoms with Crippen molar-refractivity contribution in [3.63, 3.8) is 0 Å². The Morgan fingerprint density at radius 3 is 1.79 bits per heavy atom. The highest BCUT2D eigenvalue weighted by Gasteiger charge is 2.35. The van der Waals surface area contributed by atoms with E-state index in [1.54, 1.807) is 0 Å². The molecular weight excluding hydrogens is 354 g/mol. The molecule has 0 spiro atoms. The maximum Gasteiger partial charge on any atom is 0.163 e. The van der Waals surface area contributed by atoms with Crippen LogP contribution in [0.25, 0.3) is 22.5 Å². The molecule has 1 aromatic heterocycles. The lowest BCUT2D eigenvalue weighted by Crippen LogP contribution is -2.24. The molecule has 150 valence electrons. The highest BCUT2D eigenvalue weighted by Crippen LogP contribution is 2.49. The summed E-state index contributed by atoms with van der Waals surface area (Å²) >= 11 is 0. The molecule has 1 heterocycles. The molecule has 0 unspecified atom stereocenters. The second-order valence-electron chi connectivity index (χ2n) is 10.7. The molecular formula is C26H31N3. The van der Waals surface area contributed by atoms with Gasteiger partial charge in [-0.1, -0.05) is 91.8 Å². The first-order chi connectivity index (χ1) is 13.4. The molecule has 1 aliphatic carbocycles. The molecule has 0 fully saturated rings. The van der Waals surface area contributed by atoms with Crippen molar-refractivity contribution in [1.82, 2.24) is 15.0 Å². The molecule has 4 rings (SSSR count). The summed E-state index contributed by atoms with van der Waals surface area (Å²) in [5.74, 6) is 2.45. The number of hydrogen-bond acceptors (Lipinski definition) is 3. The average molecular weight is 386 g/mol. The smallest absolute Gasteiger partial charge is 0.163 e. The van der Waals surface area contributed by atoms with E-state index in [9.17, 15) is 0 Å². The van der Waals surface area contributed by atoms with Crippen molar-refractivity contribution >= 4 is 0 Å². The molecule has 1 aliphatic rings. The van der Waals surface area contributed by atoms with Crippen molar-refractivity contribution in [3.05, 3.63) is 65.2 Å². The monoisotopic (exact) mass is 385 g/mol. The fourth-order valence-corrected chi connectivity index (χ4v) is 4.04. The van der Waals surface area contributed by atoms with Crippen LogP contribution in [0.5, 0.6) is 0 Å². The minimum atomic E-state index is -0.136. The molecule has 0 radical (unpaired) electrons. The minimum Gasteiger partial charge on any atom is -0.217 e. The Morgan fingerprint density at radius 1 is 0.655 bits per heavy atom. The van der Waals surface area contributed by atoms with Crippen LogP contribution in [0.1, 0.15) is 78.2 Å². The van der Waals surface area contributed by atoms with E-state index < -0.39 is 0 Å². The molecule has 29 heavy (non-hydrogen) atoms. The summed E-state index contributed by atoms with van der Waals surface area (Å²) < 4.78 is 0. The molecule has 0 N–H and O–H groups in total. The summed E-state index contributed by atoms with van der Waals surface area (Å²) in [4.78, 5) is 14.6. The van der Waals surface area contributed by atoms with Gasteiger partial charge < -0.3 is 0 Å². The summed E-state index contributed by atoms with van der Waals surface area (Å²) in [6.07, 6.45) is 0. The second-order valence-corrected chi connectivity index (χ2v) is 10.7. The standard InChI is InChI=1S/C26H31N3/c1-24(2,3)22-27-21(28-23(29-22)25(4,5)6)16-13-14-20-18(15-16)17-11-9-10-12-19(17)26(20,7)8/h9-15H,1-8H3. The lowest BCUT2D eigenvalue weighted by atomic mass is 9.82. The number of aromatic nitrogens is 3. The largest absolute Gasteiger partial charge is 0.217 e. The lowest BCUT2D eigenvalue weighted by molar-refractivity contribution is 0.497. The topological polar surface area (TPSA) is 38.7 Å². The highest BCUT2D eigenvalue weighted by atomic mass is 15.1. The van der Waals surface area contributed by atoms with E-state index in [0.717, 1.165) is 23.0 Å². The van der Waals surface area contributed by atoms with E-state index in [4.69, 9.17) is 15.0 Å². The van der Waals surface area contributed by atoms with Crippen LogP contribution in [0, 0.1) is 0 Å². The lowest BCUT2D eigenvalue weighted by Gasteiger charge is -2.23. The highest BCUT2D eigenvalue weighted by molar-refractivity contribution is 5.83. The maximum absolute atomic E-state index is 4.88. The first-order valence-corrected chi connectivity index (χ1v) is 10.4. The quantitative estimate of drug-likeness (QED) is 0.484. The minimum absolute atomic E-state index is 0.0106. The van der Waals surface area contributed by atoms with Gasteiger partial charge in [0, 0.05) is 21.8 Å². The molecule has 0 saturated heterocycles. The number of benzene rings is 2. The van der Waals surface area contributed by atoms with Gasteiger partial charge in [0.1, 0.15) is 11.6 Å². The van der Waals surface area contributed by atoms with Crippen LogP contribution in [-0.4, -0.2) is 15.0 Å². The Morgan fingerprint density at radius 2 is 1.21 bits per heavy atom. The van der Waals surface area contributed by atoms with Crippen molar-refractivity contribution in [2.24, 2.45) is 0 Å². The second kappa shape index (κ2) is 6.22. The summed E-state index contributed by atoms with van der Waals surface area (Å²) in [5.41, 5.74) is 6.14. The molecule has 0 bridgehead atoms. The predicted octanol–water partition coefficient (Wildman–Crippen LogP) is 6.44. The van der Waals surface area contributed by atoms with Crippen LogP contribution in [0.15, 0.2) is 42.5 Å². The van der Waals surface area contributed by atoms with Gasteiger partial charge in [0.25, 0.3) is 0 Å². The first-order valence-electron chi connectivity index (χ1n) is 10.4. The normalized spacial score (nSPS) is 15.2. The van der Waals surface area contributed by atoms with Crippen LogP contribution in [0.4, 0.5) is 0 Å². The van der Waals surface area contributed by atoms with E-state index in [-0.39, 0.29) is 16.2 Å². The van der Waals surface area contributed by atoms with Crippen LogP contribution >= 0.6 is 0 Å². The van der Waals surface area contributed by atoms with Crippen molar-refractivity contribution in [2.45, 2.75) is 71.6 Å². The van der Waals surface area contributed by atoms with Gasteiger partial charge in [0.05, 0.1) is 0 Å². The third kappa shape index (κ3) is 3.27.